The molecular weight excluding hydrogens is 298 g/mol. The topological polar surface area (TPSA) is 71.1 Å². The van der Waals surface area contributed by atoms with Gasteiger partial charge < -0.3 is 10.6 Å². The molecule has 0 atom stereocenters. The van der Waals surface area contributed by atoms with Gasteiger partial charge in [-0.05, 0) is 49.4 Å². The number of carbonyl (C=O) groups excluding carboxylic acids is 2. The van der Waals surface area contributed by atoms with E-state index in [1.807, 2.05) is 25.1 Å². The molecule has 0 fully saturated rings. The first-order chi connectivity index (χ1) is 10.6. The number of aryl methyl sites for hydroxylation is 3. The van der Waals surface area contributed by atoms with Crippen molar-refractivity contribution < 1.29 is 9.59 Å². The number of fused-ring (bicyclic) bond motifs is 1. The maximum Gasteiger partial charge on any atom is 0.313 e. The highest BCUT2D eigenvalue weighted by molar-refractivity contribution is 7.11. The van der Waals surface area contributed by atoms with Crippen LogP contribution in [0.1, 0.15) is 27.4 Å². The Morgan fingerprint density at radius 2 is 2.05 bits per heavy atom. The van der Waals surface area contributed by atoms with Crippen LogP contribution in [-0.4, -0.2) is 16.8 Å². The Morgan fingerprint density at radius 3 is 2.82 bits per heavy atom. The van der Waals surface area contributed by atoms with Gasteiger partial charge >= 0.3 is 11.8 Å². The van der Waals surface area contributed by atoms with Crippen molar-refractivity contribution in [3.63, 3.8) is 0 Å². The smallest absolute Gasteiger partial charge is 0.313 e. The molecule has 0 saturated heterocycles. The maximum absolute atomic E-state index is 11.9. The number of hydrogen-bond donors (Lipinski definition) is 2. The molecule has 1 aromatic heterocycles. The fourth-order valence-corrected chi connectivity index (χ4v) is 3.31. The average Bonchev–Trinajstić information content (AvgIpc) is 3.12. The molecule has 1 aliphatic carbocycles. The number of rotatable bonds is 3. The molecule has 5 nitrogen and oxygen atoms in total. The van der Waals surface area contributed by atoms with Crippen molar-refractivity contribution in [1.29, 1.82) is 0 Å². The van der Waals surface area contributed by atoms with Gasteiger partial charge in [0.25, 0.3) is 0 Å². The predicted octanol–water partition coefficient (Wildman–Crippen LogP) is 2.20. The second kappa shape index (κ2) is 6.27. The summed E-state index contributed by atoms with van der Waals surface area (Å²) in [6, 6.07) is 5.83. The van der Waals surface area contributed by atoms with Crippen molar-refractivity contribution in [3.8, 4) is 0 Å². The Morgan fingerprint density at radius 1 is 1.23 bits per heavy atom. The Bertz CT molecular complexity index is 724. The zero-order valence-electron chi connectivity index (χ0n) is 12.3. The van der Waals surface area contributed by atoms with Gasteiger partial charge in [0.2, 0.25) is 0 Å². The summed E-state index contributed by atoms with van der Waals surface area (Å²) in [5, 5.41) is 6.19. The van der Waals surface area contributed by atoms with Gasteiger partial charge in [0.1, 0.15) is 0 Å². The normalized spacial score (nSPS) is 12.8. The van der Waals surface area contributed by atoms with Crippen LogP contribution in [0.15, 0.2) is 24.4 Å². The van der Waals surface area contributed by atoms with Crippen molar-refractivity contribution in [2.24, 2.45) is 0 Å². The molecule has 114 valence electrons. The summed E-state index contributed by atoms with van der Waals surface area (Å²) < 4.78 is 0. The van der Waals surface area contributed by atoms with Gasteiger partial charge in [-0.2, -0.15) is 0 Å². The fraction of sp³-hybridized carbons (Fsp3) is 0.312. The van der Waals surface area contributed by atoms with Crippen molar-refractivity contribution >= 4 is 28.8 Å². The molecule has 3 rings (SSSR count). The molecular formula is C16H17N3O2S. The molecule has 0 spiro atoms. The molecule has 0 aliphatic heterocycles. The van der Waals surface area contributed by atoms with Crippen LogP contribution in [-0.2, 0) is 29.0 Å². The molecule has 0 bridgehead atoms. The largest absolute Gasteiger partial charge is 0.343 e. The number of thiazole rings is 1. The highest BCUT2D eigenvalue weighted by Gasteiger charge is 2.16. The van der Waals surface area contributed by atoms with Crippen molar-refractivity contribution in [1.82, 2.24) is 10.3 Å². The number of nitrogens with zero attached hydrogens (tertiary/aromatic N) is 1. The first kappa shape index (κ1) is 14.7. The zero-order chi connectivity index (χ0) is 15.5. The lowest BCUT2D eigenvalue weighted by Gasteiger charge is -2.07. The number of nitrogens with one attached hydrogen (secondary N) is 2. The Hall–Kier alpha value is -2.21. The minimum Gasteiger partial charge on any atom is -0.343 e. The van der Waals surface area contributed by atoms with E-state index in [-0.39, 0.29) is 0 Å². The van der Waals surface area contributed by atoms with Crippen LogP contribution >= 0.6 is 11.3 Å². The van der Waals surface area contributed by atoms with Crippen LogP contribution in [0.2, 0.25) is 0 Å². The predicted molar refractivity (Wildman–Crippen MR) is 85.8 cm³/mol. The molecule has 1 heterocycles. The van der Waals surface area contributed by atoms with E-state index in [2.05, 4.69) is 15.6 Å². The summed E-state index contributed by atoms with van der Waals surface area (Å²) >= 11 is 1.50. The zero-order valence-corrected chi connectivity index (χ0v) is 13.1. The highest BCUT2D eigenvalue weighted by atomic mass is 32.1. The van der Waals surface area contributed by atoms with Gasteiger partial charge in [-0.3, -0.25) is 9.59 Å². The Labute approximate surface area is 132 Å². The standard InChI is InChI=1S/C16H17N3O2S/c1-10-17-8-14(22-10)9-18-15(20)16(21)19-13-6-5-11-3-2-4-12(11)7-13/h5-8H,2-4,9H2,1H3,(H,18,20)(H,19,21). The van der Waals surface area contributed by atoms with Gasteiger partial charge in [0.05, 0.1) is 11.6 Å². The lowest BCUT2D eigenvalue weighted by molar-refractivity contribution is -0.136. The van der Waals surface area contributed by atoms with Crippen LogP contribution in [0, 0.1) is 6.92 Å². The number of benzene rings is 1. The number of hydrogen-bond acceptors (Lipinski definition) is 4. The van der Waals surface area contributed by atoms with Crippen LogP contribution in [0.5, 0.6) is 0 Å². The van der Waals surface area contributed by atoms with Gasteiger partial charge in [-0.15, -0.1) is 11.3 Å². The maximum atomic E-state index is 11.9. The number of amides is 2. The molecule has 0 unspecified atom stereocenters. The summed E-state index contributed by atoms with van der Waals surface area (Å²) in [6.45, 7) is 2.22. The first-order valence-electron chi connectivity index (χ1n) is 7.24. The molecule has 1 aliphatic rings. The number of aromatic nitrogens is 1. The van der Waals surface area contributed by atoms with Gasteiger partial charge in [0.15, 0.2) is 0 Å². The lowest BCUT2D eigenvalue weighted by Crippen LogP contribution is -2.34. The quantitative estimate of drug-likeness (QED) is 0.853. The molecule has 6 heteroatoms. The van der Waals surface area contributed by atoms with E-state index in [9.17, 15) is 9.59 Å². The van der Waals surface area contributed by atoms with Crippen LogP contribution in [0.3, 0.4) is 0 Å². The van der Waals surface area contributed by atoms with E-state index >= 15 is 0 Å². The van der Waals surface area contributed by atoms with Crippen molar-refractivity contribution in [2.75, 3.05) is 5.32 Å². The van der Waals surface area contributed by atoms with E-state index in [0.29, 0.717) is 12.2 Å². The van der Waals surface area contributed by atoms with E-state index in [0.717, 1.165) is 29.1 Å². The SMILES string of the molecule is Cc1ncc(CNC(=O)C(=O)Nc2ccc3c(c2)CCC3)s1. The van der Waals surface area contributed by atoms with E-state index < -0.39 is 11.8 Å². The van der Waals surface area contributed by atoms with Crippen LogP contribution in [0.25, 0.3) is 0 Å². The van der Waals surface area contributed by atoms with Crippen LogP contribution in [0.4, 0.5) is 5.69 Å². The second-order valence-corrected chi connectivity index (χ2v) is 6.64. The molecule has 2 N–H and O–H groups in total. The summed E-state index contributed by atoms with van der Waals surface area (Å²) in [4.78, 5) is 28.8. The Kier molecular flexibility index (Phi) is 4.20. The minimum absolute atomic E-state index is 0.321. The second-order valence-electron chi connectivity index (χ2n) is 5.32. The van der Waals surface area contributed by atoms with Gasteiger partial charge in [0, 0.05) is 16.8 Å². The van der Waals surface area contributed by atoms with Crippen molar-refractivity contribution in [3.05, 3.63) is 45.4 Å². The monoisotopic (exact) mass is 315 g/mol. The summed E-state index contributed by atoms with van der Waals surface area (Å²) in [5.41, 5.74) is 3.27. The summed E-state index contributed by atoms with van der Waals surface area (Å²) in [6.07, 6.45) is 4.99. The third-order valence-electron chi connectivity index (χ3n) is 3.65. The number of carbonyl (C=O) groups is 2. The van der Waals surface area contributed by atoms with E-state index in [1.54, 1.807) is 6.20 Å². The number of anilines is 1. The fourth-order valence-electron chi connectivity index (χ4n) is 2.57. The first-order valence-corrected chi connectivity index (χ1v) is 8.06. The lowest BCUT2D eigenvalue weighted by atomic mass is 10.1. The van der Waals surface area contributed by atoms with Gasteiger partial charge in [-0.25, -0.2) is 4.98 Å². The minimum atomic E-state index is -0.640. The summed E-state index contributed by atoms with van der Waals surface area (Å²) in [5.74, 6) is -1.27. The molecule has 0 saturated carbocycles. The summed E-state index contributed by atoms with van der Waals surface area (Å²) in [7, 11) is 0. The van der Waals surface area contributed by atoms with Crippen molar-refractivity contribution in [2.45, 2.75) is 32.7 Å². The van der Waals surface area contributed by atoms with E-state index in [1.165, 1.54) is 22.5 Å². The molecule has 22 heavy (non-hydrogen) atoms. The third kappa shape index (κ3) is 3.33. The average molecular weight is 315 g/mol. The molecule has 1 aromatic carbocycles. The van der Waals surface area contributed by atoms with Gasteiger partial charge in [-0.1, -0.05) is 6.07 Å². The third-order valence-corrected chi connectivity index (χ3v) is 4.57. The Balaban J connectivity index is 1.56. The highest BCUT2D eigenvalue weighted by Crippen LogP contribution is 2.24. The molecule has 0 radical (unpaired) electrons. The van der Waals surface area contributed by atoms with E-state index in [4.69, 9.17) is 0 Å². The molecule has 2 amide bonds. The molecule has 2 aromatic rings. The van der Waals surface area contributed by atoms with Crippen LogP contribution < -0.4 is 10.6 Å².